The molecule has 1 amide bonds. The molecule has 1 aromatic carbocycles. The molecule has 270 valence electrons. The number of fused-ring (bicyclic) bond motifs is 5. The summed E-state index contributed by atoms with van der Waals surface area (Å²) in [4.78, 5) is 50.7. The highest BCUT2D eigenvalue weighted by molar-refractivity contribution is 6.01. The molecule has 9 heteroatoms. The zero-order chi connectivity index (χ0) is 36.2. The number of carbonyl (C=O) groups is 4. The van der Waals surface area contributed by atoms with Crippen molar-refractivity contribution in [2.75, 3.05) is 13.2 Å². The van der Waals surface area contributed by atoms with Gasteiger partial charge in [-0.15, -0.1) is 0 Å². The van der Waals surface area contributed by atoms with Gasteiger partial charge in [-0.25, -0.2) is 4.39 Å². The molecule has 0 heterocycles. The highest BCUT2D eigenvalue weighted by atomic mass is 19.1. The largest absolute Gasteiger partial charge is 0.458 e. The standard InChI is InChI=1S/C41H52FNO7/c1-28-24-33-32-18-17-30-25-31(44)21-22-38(30,2)40(32,42)34(45)26-39(33,3)41(28,49)35(46)27-50-37(48)20-19-36(47)43-23-13-9-12-16-29-14-10-7-5-4-6-8-11-15-29/h4-8,10-11,14-15,21-22,25,28,32-34,45,49H,9,12-13,16-20,23-24,26-27H2,1-3H3,(H,43,47)/t28-,32+,33+,34+,38+,39+,40+,41+/m1/s1. The lowest BCUT2D eigenvalue weighted by Gasteiger charge is -2.62. The van der Waals surface area contributed by atoms with E-state index in [1.54, 1.807) is 26.8 Å². The van der Waals surface area contributed by atoms with Crippen molar-refractivity contribution in [1.82, 2.24) is 5.32 Å². The maximum atomic E-state index is 17.4. The number of alkyl halides is 1. The van der Waals surface area contributed by atoms with Crippen LogP contribution >= 0.6 is 0 Å². The van der Waals surface area contributed by atoms with E-state index in [0.29, 0.717) is 31.4 Å². The van der Waals surface area contributed by atoms with E-state index in [2.05, 4.69) is 17.4 Å². The number of Topliss-reactive ketones (excluding diaryl/α,β-unsaturated/α-hetero) is 1. The van der Waals surface area contributed by atoms with E-state index in [1.807, 2.05) is 42.5 Å². The van der Waals surface area contributed by atoms with Crippen molar-refractivity contribution in [3.8, 4) is 0 Å². The third kappa shape index (κ3) is 6.96. The van der Waals surface area contributed by atoms with Gasteiger partial charge in [-0.2, -0.15) is 0 Å². The molecule has 3 saturated carbocycles. The number of allylic oxidation sites excluding steroid dienone is 4. The molecule has 50 heavy (non-hydrogen) atoms. The maximum absolute atomic E-state index is 17.4. The van der Waals surface area contributed by atoms with Gasteiger partial charge >= 0.3 is 5.97 Å². The number of carbonyl (C=O) groups excluding carboxylic acids is 4. The van der Waals surface area contributed by atoms with Crippen LogP contribution in [-0.2, 0) is 30.3 Å². The number of halogens is 1. The first kappa shape index (κ1) is 37.6. The third-order valence-electron chi connectivity index (χ3n) is 12.3. The van der Waals surface area contributed by atoms with Crippen LogP contribution in [0.5, 0.6) is 0 Å². The Labute approximate surface area is 294 Å². The van der Waals surface area contributed by atoms with Gasteiger partial charge in [0.1, 0.15) is 5.60 Å². The van der Waals surface area contributed by atoms with Gasteiger partial charge in [-0.1, -0.05) is 86.5 Å². The van der Waals surface area contributed by atoms with E-state index in [-0.39, 0.29) is 31.0 Å². The van der Waals surface area contributed by atoms with Crippen LogP contribution < -0.4 is 5.32 Å². The van der Waals surface area contributed by atoms with Gasteiger partial charge in [0.05, 0.1) is 12.5 Å². The Bertz CT molecular complexity index is 1560. The van der Waals surface area contributed by atoms with Crippen LogP contribution in [0, 0.1) is 28.6 Å². The second-order valence-corrected chi connectivity index (χ2v) is 15.2. The molecule has 0 saturated heterocycles. The van der Waals surface area contributed by atoms with Crippen LogP contribution in [0.25, 0.3) is 0 Å². The number of hydrogen-bond donors (Lipinski definition) is 3. The summed E-state index contributed by atoms with van der Waals surface area (Å²) in [5.74, 6) is -3.51. The van der Waals surface area contributed by atoms with Crippen LogP contribution in [-0.4, -0.2) is 64.2 Å². The van der Waals surface area contributed by atoms with E-state index < -0.39 is 64.3 Å². The number of amides is 1. The fraction of sp³-hybridized carbons (Fsp3) is 0.561. The molecule has 0 spiro atoms. The molecule has 8 atom stereocenters. The summed E-state index contributed by atoms with van der Waals surface area (Å²) in [6.45, 7) is 5.04. The molecule has 1 aromatic rings. The van der Waals surface area contributed by atoms with Gasteiger partial charge in [-0.05, 0) is 81.4 Å². The second-order valence-electron chi connectivity index (χ2n) is 15.2. The predicted octanol–water partition coefficient (Wildman–Crippen LogP) is 5.88. The number of unbranched alkanes of at least 4 members (excludes halogenated alkanes) is 2. The van der Waals surface area contributed by atoms with Crippen LogP contribution in [0.1, 0.15) is 84.1 Å². The van der Waals surface area contributed by atoms with E-state index in [9.17, 15) is 29.4 Å². The molecule has 3 fully saturated rings. The molecule has 8 nitrogen and oxygen atoms in total. The smallest absolute Gasteiger partial charge is 0.306 e. The molecule has 5 rings (SSSR count). The van der Waals surface area contributed by atoms with Gasteiger partial charge in [0.25, 0.3) is 0 Å². The van der Waals surface area contributed by atoms with Crippen molar-refractivity contribution in [3.05, 3.63) is 84.0 Å². The number of ether oxygens (including phenoxy) is 1. The van der Waals surface area contributed by atoms with Crippen molar-refractivity contribution in [3.63, 3.8) is 0 Å². The second kappa shape index (κ2) is 15.3. The van der Waals surface area contributed by atoms with Crippen LogP contribution in [0.3, 0.4) is 0 Å². The number of nitrogens with one attached hydrogen (secondary N) is 1. The first-order valence-corrected chi connectivity index (χ1v) is 18.1. The fourth-order valence-electron chi connectivity index (χ4n) is 9.53. The van der Waals surface area contributed by atoms with Crippen molar-refractivity contribution < 1.29 is 38.5 Å². The number of rotatable bonds is 12. The topological polar surface area (TPSA) is 130 Å². The van der Waals surface area contributed by atoms with Crippen LogP contribution in [0.2, 0.25) is 0 Å². The highest BCUT2D eigenvalue weighted by Gasteiger charge is 2.75. The molecule has 0 aliphatic heterocycles. The van der Waals surface area contributed by atoms with Crippen molar-refractivity contribution in [2.45, 2.75) is 102 Å². The Hall–Kier alpha value is -3.69. The summed E-state index contributed by atoms with van der Waals surface area (Å²) < 4.78 is 22.6. The monoisotopic (exact) mass is 689 g/mol. The zero-order valence-electron chi connectivity index (χ0n) is 29.5. The molecule has 4 aliphatic rings. The number of ketones is 2. The zero-order valence-corrected chi connectivity index (χ0v) is 29.5. The first-order chi connectivity index (χ1) is 23.8. The Kier molecular flexibility index (Phi) is 11.5. The van der Waals surface area contributed by atoms with Crippen molar-refractivity contribution in [2.24, 2.45) is 28.6 Å². The van der Waals surface area contributed by atoms with Crippen LogP contribution in [0.15, 0.2) is 78.4 Å². The van der Waals surface area contributed by atoms with Crippen molar-refractivity contribution in [1.29, 1.82) is 0 Å². The number of aliphatic hydroxyl groups is 2. The minimum absolute atomic E-state index is 0.0822. The fourth-order valence-corrected chi connectivity index (χ4v) is 9.53. The average Bonchev–Trinajstić information content (AvgIpc) is 3.29. The van der Waals surface area contributed by atoms with Gasteiger partial charge in [0.15, 0.2) is 18.1 Å². The lowest BCUT2D eigenvalue weighted by atomic mass is 9.44. The maximum Gasteiger partial charge on any atom is 0.306 e. The molecule has 0 unspecified atom stereocenters. The van der Waals surface area contributed by atoms with E-state index in [4.69, 9.17) is 4.74 Å². The van der Waals surface area contributed by atoms with Gasteiger partial charge < -0.3 is 20.3 Å². The minimum Gasteiger partial charge on any atom is -0.458 e. The highest BCUT2D eigenvalue weighted by Crippen LogP contribution is 2.70. The Balaban J connectivity index is 1.08. The molecule has 4 aliphatic carbocycles. The summed E-state index contributed by atoms with van der Waals surface area (Å²) in [6, 6.07) is 18.1. The molecule has 0 bridgehead atoms. The lowest BCUT2D eigenvalue weighted by molar-refractivity contribution is -0.220. The normalized spacial score (nSPS) is 34.0. The Morgan fingerprint density at radius 3 is 2.36 bits per heavy atom. The van der Waals surface area contributed by atoms with Crippen LogP contribution in [0.4, 0.5) is 4.39 Å². The van der Waals surface area contributed by atoms with E-state index >= 15 is 4.39 Å². The lowest BCUT2D eigenvalue weighted by Crippen LogP contribution is -2.69. The Morgan fingerprint density at radius 1 is 0.980 bits per heavy atom. The van der Waals surface area contributed by atoms with Crippen molar-refractivity contribution >= 4 is 23.4 Å². The van der Waals surface area contributed by atoms with Gasteiger partial charge in [0, 0.05) is 29.7 Å². The van der Waals surface area contributed by atoms with Gasteiger partial charge in [0.2, 0.25) is 11.7 Å². The minimum atomic E-state index is -2.07. The van der Waals surface area contributed by atoms with E-state index in [0.717, 1.165) is 25.7 Å². The third-order valence-corrected chi connectivity index (χ3v) is 12.3. The van der Waals surface area contributed by atoms with Gasteiger partial charge in [-0.3, -0.25) is 19.2 Å². The summed E-state index contributed by atoms with van der Waals surface area (Å²) in [5, 5.41) is 26.4. The molecule has 0 radical (unpaired) electrons. The molecular formula is C41H52FNO7. The molecule has 0 aromatic heterocycles. The Morgan fingerprint density at radius 2 is 1.66 bits per heavy atom. The summed E-state index contributed by atoms with van der Waals surface area (Å²) in [7, 11) is 0. The summed E-state index contributed by atoms with van der Waals surface area (Å²) in [6.07, 6.45) is 7.37. The number of esters is 1. The number of aliphatic hydroxyl groups excluding tert-OH is 1. The SMILES string of the molecule is C[C@@H]1C[C@H]2[C@@H]3CCC4=CC(=O)C=C[C@]4(C)[C@@]3(F)[C@@H](O)C[C@]2(C)[C@@]1(O)C(=O)COC(=O)CCC(=O)NCCCCCc1ccccccccc1. The first-order valence-electron chi connectivity index (χ1n) is 18.1. The van der Waals surface area contributed by atoms with E-state index in [1.165, 1.54) is 17.7 Å². The quantitative estimate of drug-likeness (QED) is 0.185. The molecule has 3 N–H and O–H groups in total. The average molecular weight is 690 g/mol. The number of hydrogen-bond acceptors (Lipinski definition) is 7. The molecular weight excluding hydrogens is 637 g/mol. The number of aryl methyl sites for hydroxylation is 1. The summed E-state index contributed by atoms with van der Waals surface area (Å²) >= 11 is 0. The summed E-state index contributed by atoms with van der Waals surface area (Å²) in [5.41, 5.74) is -4.45. The predicted molar refractivity (Wildman–Crippen MR) is 188 cm³/mol.